The Hall–Kier alpha value is -0.740. The second-order valence-corrected chi connectivity index (χ2v) is 11.2. The van der Waals surface area contributed by atoms with Gasteiger partial charge >= 0.3 is 0 Å². The number of carbonyl (C=O) groups excluding carboxylic acids is 1. The van der Waals surface area contributed by atoms with Crippen LogP contribution in [0.4, 0.5) is 0 Å². The molecule has 0 saturated heterocycles. The van der Waals surface area contributed by atoms with E-state index in [1.54, 1.807) is 0 Å². The van der Waals surface area contributed by atoms with Crippen LogP contribution in [0.1, 0.15) is 91.4 Å². The Morgan fingerprint density at radius 1 is 0.636 bits per heavy atom. The molecule has 0 unspecified atom stereocenters. The van der Waals surface area contributed by atoms with E-state index in [4.69, 9.17) is 17.5 Å². The molecular weight excluding hydrogens is 442 g/mol. The van der Waals surface area contributed by atoms with Gasteiger partial charge in [0.1, 0.15) is 0 Å². The molecule has 9 heteroatoms. The fraction of sp³-hybridized carbons (Fsp3) is 0.958. The minimum Gasteiger partial charge on any atom is -0.759 e. The summed E-state index contributed by atoms with van der Waals surface area (Å²) in [4.78, 5) is 9.93. The van der Waals surface area contributed by atoms with Crippen LogP contribution in [-0.2, 0) is 15.2 Å². The lowest BCUT2D eigenvalue weighted by Gasteiger charge is -2.22. The van der Waals surface area contributed by atoms with Gasteiger partial charge in [-0.2, -0.15) is 0 Å². The van der Waals surface area contributed by atoms with E-state index in [0.29, 0.717) is 0 Å². The molecule has 0 aliphatic heterocycles. The van der Waals surface area contributed by atoms with Crippen molar-refractivity contribution in [3.63, 3.8) is 0 Å². The lowest BCUT2D eigenvalue weighted by molar-refractivity contribution is -0.870. The van der Waals surface area contributed by atoms with Crippen LogP contribution in [0.25, 0.3) is 0 Å². The Balaban J connectivity index is -0.000000187. The summed E-state index contributed by atoms with van der Waals surface area (Å²) in [5, 5.41) is 2.69. The van der Waals surface area contributed by atoms with Crippen LogP contribution in [0.5, 0.6) is 0 Å². The summed E-state index contributed by atoms with van der Waals surface area (Å²) in [5.41, 5.74) is 0. The molecule has 1 amide bonds. The lowest BCUT2D eigenvalue weighted by Crippen LogP contribution is -2.34. The topological polar surface area (TPSA) is 109 Å². The van der Waals surface area contributed by atoms with E-state index < -0.39 is 10.4 Å². The van der Waals surface area contributed by atoms with Crippen molar-refractivity contribution in [2.45, 2.75) is 91.4 Å². The van der Waals surface area contributed by atoms with Gasteiger partial charge in [0.15, 0.2) is 0 Å². The SMILES string of the molecule is CCCCCCCCCCCNC=O.CCC[N+](C)(C)C.CCC[N+](C)(C)C.O=S(=O)([O-])[O-]. The highest BCUT2D eigenvalue weighted by Crippen LogP contribution is 2.09. The second kappa shape index (κ2) is 25.9. The van der Waals surface area contributed by atoms with Gasteiger partial charge in [0, 0.05) is 16.9 Å². The van der Waals surface area contributed by atoms with Gasteiger partial charge < -0.3 is 23.4 Å². The number of carbonyl (C=O) groups is 1. The van der Waals surface area contributed by atoms with Crippen molar-refractivity contribution in [1.29, 1.82) is 0 Å². The van der Waals surface area contributed by atoms with Crippen molar-refractivity contribution in [3.8, 4) is 0 Å². The molecule has 0 radical (unpaired) electrons. The summed E-state index contributed by atoms with van der Waals surface area (Å²) in [6.07, 6.45) is 15.4. The first kappa shape index (κ1) is 39.5. The number of nitrogens with one attached hydrogen (secondary N) is 1. The van der Waals surface area contributed by atoms with Crippen molar-refractivity contribution in [2.24, 2.45) is 0 Å². The molecule has 33 heavy (non-hydrogen) atoms. The smallest absolute Gasteiger partial charge is 0.207 e. The maximum absolute atomic E-state index is 9.93. The van der Waals surface area contributed by atoms with Gasteiger partial charge in [-0.25, -0.2) is 0 Å². The van der Waals surface area contributed by atoms with E-state index in [1.807, 2.05) is 0 Å². The summed E-state index contributed by atoms with van der Waals surface area (Å²) >= 11 is 0. The summed E-state index contributed by atoms with van der Waals surface area (Å²) in [6, 6.07) is 0. The third-order valence-corrected chi connectivity index (χ3v) is 4.30. The molecule has 0 aromatic rings. The fourth-order valence-electron chi connectivity index (χ4n) is 2.94. The van der Waals surface area contributed by atoms with Gasteiger partial charge in [-0.1, -0.05) is 72.1 Å². The Kier molecular flexibility index (Phi) is 31.0. The number of amides is 1. The maximum Gasteiger partial charge on any atom is 0.207 e. The van der Waals surface area contributed by atoms with Gasteiger partial charge in [0.05, 0.1) is 55.4 Å². The number of rotatable bonds is 15. The van der Waals surface area contributed by atoms with Gasteiger partial charge in [0.25, 0.3) is 0 Å². The van der Waals surface area contributed by atoms with Crippen LogP contribution < -0.4 is 5.32 Å². The third kappa shape index (κ3) is 80.3. The number of hydrogen-bond acceptors (Lipinski definition) is 5. The molecule has 0 aromatic carbocycles. The molecule has 0 heterocycles. The van der Waals surface area contributed by atoms with Crippen LogP contribution in [0, 0.1) is 0 Å². The first-order valence-corrected chi connectivity index (χ1v) is 13.8. The van der Waals surface area contributed by atoms with Crippen molar-refractivity contribution < 1.29 is 31.3 Å². The second-order valence-electron chi connectivity index (χ2n) is 10.3. The molecule has 0 spiro atoms. The zero-order chi connectivity index (χ0) is 26.8. The molecule has 0 bridgehead atoms. The third-order valence-electron chi connectivity index (χ3n) is 4.30. The fourth-order valence-corrected chi connectivity index (χ4v) is 2.94. The predicted molar refractivity (Wildman–Crippen MR) is 138 cm³/mol. The standard InChI is InChI=1S/C12H25NO.2C6H16N.H2O4S/c1-2-3-4-5-6-7-8-9-10-11-13-12-14;2*1-5-6-7(2,3)4;1-5(2,3)4/h12H,2-11H2,1H3,(H,13,14);2*5-6H2,1-4H3;(H2,1,2,3,4)/q;2*+1;/p-2. The first-order valence-electron chi connectivity index (χ1n) is 12.5. The zero-order valence-electron chi connectivity index (χ0n) is 23.3. The Morgan fingerprint density at radius 3 is 1.15 bits per heavy atom. The molecule has 0 atom stereocenters. The van der Waals surface area contributed by atoms with Crippen LogP contribution in [0.15, 0.2) is 0 Å². The Bertz CT molecular complexity index is 463. The minimum atomic E-state index is -5.17. The molecule has 0 aromatic heterocycles. The molecule has 0 aliphatic rings. The number of hydrogen-bond donors (Lipinski definition) is 1. The van der Waals surface area contributed by atoms with Crippen molar-refractivity contribution in [3.05, 3.63) is 0 Å². The highest BCUT2D eigenvalue weighted by Gasteiger charge is 2.02. The van der Waals surface area contributed by atoms with Gasteiger partial charge in [0.2, 0.25) is 6.41 Å². The molecule has 0 aliphatic carbocycles. The summed E-state index contributed by atoms with van der Waals surface area (Å²) in [7, 11) is 8.10. The van der Waals surface area contributed by atoms with E-state index in [-0.39, 0.29) is 0 Å². The van der Waals surface area contributed by atoms with Crippen LogP contribution >= 0.6 is 0 Å². The van der Waals surface area contributed by atoms with Gasteiger partial charge in [-0.05, 0) is 19.3 Å². The normalized spacial score (nSPS) is 11.1. The average Bonchev–Trinajstić information content (AvgIpc) is 2.61. The molecule has 0 saturated carbocycles. The average molecular weight is 500 g/mol. The highest BCUT2D eigenvalue weighted by atomic mass is 32.3. The molecular formula is C24H57N3O5S. The number of nitrogens with zero attached hydrogens (tertiary/aromatic N) is 2. The number of quaternary nitrogens is 2. The molecule has 8 nitrogen and oxygen atoms in total. The summed E-state index contributed by atoms with van der Waals surface area (Å²) < 4.78 is 36.3. The van der Waals surface area contributed by atoms with E-state index in [9.17, 15) is 4.79 Å². The Labute approximate surface area is 206 Å². The van der Waals surface area contributed by atoms with Crippen LogP contribution in [0.3, 0.4) is 0 Å². The monoisotopic (exact) mass is 499 g/mol. The van der Waals surface area contributed by atoms with E-state index in [0.717, 1.165) is 28.3 Å². The Morgan fingerprint density at radius 2 is 0.939 bits per heavy atom. The quantitative estimate of drug-likeness (QED) is 0.120. The van der Waals surface area contributed by atoms with Gasteiger partial charge in [-0.3, -0.25) is 13.2 Å². The molecule has 0 rings (SSSR count). The highest BCUT2D eigenvalue weighted by molar-refractivity contribution is 7.79. The first-order chi connectivity index (χ1) is 15.0. The van der Waals surface area contributed by atoms with E-state index >= 15 is 0 Å². The predicted octanol–water partition coefficient (Wildman–Crippen LogP) is 4.13. The summed E-state index contributed by atoms with van der Waals surface area (Å²) in [6.45, 7) is 10.1. The van der Waals surface area contributed by atoms with Crippen molar-refractivity contribution >= 4 is 16.8 Å². The van der Waals surface area contributed by atoms with Crippen molar-refractivity contribution in [1.82, 2.24) is 5.32 Å². The molecule has 204 valence electrons. The largest absolute Gasteiger partial charge is 0.759 e. The number of unbranched alkanes of at least 4 members (excludes halogenated alkanes) is 8. The van der Waals surface area contributed by atoms with Crippen LogP contribution in [0.2, 0.25) is 0 Å². The minimum absolute atomic E-state index is 0.782. The molecule has 1 N–H and O–H groups in total. The van der Waals surface area contributed by atoms with Crippen LogP contribution in [-0.4, -0.2) is 94.8 Å². The summed E-state index contributed by atoms with van der Waals surface area (Å²) in [5.74, 6) is 0. The maximum atomic E-state index is 9.93. The lowest BCUT2D eigenvalue weighted by atomic mass is 10.1. The van der Waals surface area contributed by atoms with Crippen molar-refractivity contribution in [2.75, 3.05) is 61.9 Å². The van der Waals surface area contributed by atoms with E-state index in [1.165, 1.54) is 77.3 Å². The zero-order valence-corrected chi connectivity index (χ0v) is 24.1. The molecule has 0 fully saturated rings. The van der Waals surface area contributed by atoms with Gasteiger partial charge in [-0.15, -0.1) is 0 Å². The van der Waals surface area contributed by atoms with E-state index in [2.05, 4.69) is 68.4 Å².